The first-order valence-electron chi connectivity index (χ1n) is 6.59. The number of fused-ring (bicyclic) bond motifs is 1. The van der Waals surface area contributed by atoms with Gasteiger partial charge in [-0.3, -0.25) is 0 Å². The van der Waals surface area contributed by atoms with Gasteiger partial charge in [0.25, 0.3) is 0 Å². The number of aliphatic hydroxyl groups excluding tert-OH is 1. The number of nitrogens with zero attached hydrogens (tertiary/aromatic N) is 1. The van der Waals surface area contributed by atoms with Crippen molar-refractivity contribution in [3.8, 4) is 0 Å². The molecule has 0 saturated carbocycles. The number of hydrogen-bond acceptors (Lipinski definition) is 3. The van der Waals surface area contributed by atoms with E-state index in [1.165, 1.54) is 24.1 Å². The second-order valence-corrected chi connectivity index (χ2v) is 5.09. The molecule has 0 spiro atoms. The molecule has 92 valence electrons. The highest BCUT2D eigenvalue weighted by atomic mass is 16.3. The van der Waals surface area contributed by atoms with Crippen LogP contribution in [0.15, 0.2) is 24.3 Å². The molecule has 3 rings (SSSR count). The van der Waals surface area contributed by atoms with E-state index in [-0.39, 0.29) is 6.10 Å². The molecule has 1 fully saturated rings. The second-order valence-electron chi connectivity index (χ2n) is 5.09. The highest BCUT2D eigenvalue weighted by Crippen LogP contribution is 2.27. The highest BCUT2D eigenvalue weighted by molar-refractivity contribution is 5.55. The number of rotatable bonds is 3. The number of aryl methyl sites for hydroxylation is 1. The summed E-state index contributed by atoms with van der Waals surface area (Å²) >= 11 is 0. The molecular formula is C14H20N2O. The van der Waals surface area contributed by atoms with Crippen molar-refractivity contribution in [2.24, 2.45) is 0 Å². The van der Waals surface area contributed by atoms with Crippen LogP contribution in [0.1, 0.15) is 18.4 Å². The molecule has 0 radical (unpaired) electrons. The maximum atomic E-state index is 10.1. The van der Waals surface area contributed by atoms with Gasteiger partial charge in [0.15, 0.2) is 0 Å². The van der Waals surface area contributed by atoms with E-state index in [1.807, 2.05) is 0 Å². The van der Waals surface area contributed by atoms with Crippen LogP contribution in [0.25, 0.3) is 0 Å². The van der Waals surface area contributed by atoms with E-state index in [2.05, 4.69) is 34.5 Å². The lowest BCUT2D eigenvalue weighted by Crippen LogP contribution is -2.54. The summed E-state index contributed by atoms with van der Waals surface area (Å²) in [6.45, 7) is 2.88. The van der Waals surface area contributed by atoms with Gasteiger partial charge >= 0.3 is 0 Å². The molecule has 0 amide bonds. The summed E-state index contributed by atoms with van der Waals surface area (Å²) in [5.74, 6) is 0. The van der Waals surface area contributed by atoms with Crippen molar-refractivity contribution in [1.82, 2.24) is 5.32 Å². The summed E-state index contributed by atoms with van der Waals surface area (Å²) < 4.78 is 0. The Morgan fingerprint density at radius 3 is 3.00 bits per heavy atom. The standard InChI is InChI=1S/C14H20N2O/c17-14(12-7-8-15-12)10-16-9-3-5-11-4-1-2-6-13(11)16/h1-2,4,6,12,14-15,17H,3,5,7-10H2. The van der Waals surface area contributed by atoms with Crippen LogP contribution in [0.5, 0.6) is 0 Å². The Bertz CT molecular complexity index is 390. The second kappa shape index (κ2) is 4.67. The Kier molecular flexibility index (Phi) is 3.04. The number of aliphatic hydroxyl groups is 1. The molecule has 1 aromatic rings. The lowest BCUT2D eigenvalue weighted by Gasteiger charge is -2.38. The Hall–Kier alpha value is -1.06. The molecule has 2 N–H and O–H groups in total. The third-order valence-electron chi connectivity index (χ3n) is 3.94. The van der Waals surface area contributed by atoms with Crippen molar-refractivity contribution >= 4 is 5.69 Å². The van der Waals surface area contributed by atoms with Crippen LogP contribution in [0.4, 0.5) is 5.69 Å². The third kappa shape index (κ3) is 2.17. The fraction of sp³-hybridized carbons (Fsp3) is 0.571. The van der Waals surface area contributed by atoms with Gasteiger partial charge in [-0.05, 0) is 37.4 Å². The van der Waals surface area contributed by atoms with E-state index >= 15 is 0 Å². The Balaban J connectivity index is 1.71. The molecule has 1 saturated heterocycles. The molecule has 2 aliphatic heterocycles. The molecule has 2 atom stereocenters. The number of hydrogen-bond donors (Lipinski definition) is 2. The normalized spacial score (nSPS) is 25.0. The van der Waals surface area contributed by atoms with E-state index in [0.717, 1.165) is 26.1 Å². The topological polar surface area (TPSA) is 35.5 Å². The summed E-state index contributed by atoms with van der Waals surface area (Å²) in [5, 5.41) is 13.4. The van der Waals surface area contributed by atoms with Gasteiger partial charge in [-0.15, -0.1) is 0 Å². The zero-order valence-electron chi connectivity index (χ0n) is 10.1. The predicted molar refractivity (Wildman–Crippen MR) is 69.4 cm³/mol. The van der Waals surface area contributed by atoms with Crippen LogP contribution in [0.2, 0.25) is 0 Å². The number of nitrogens with one attached hydrogen (secondary N) is 1. The highest BCUT2D eigenvalue weighted by Gasteiger charge is 2.27. The summed E-state index contributed by atoms with van der Waals surface area (Å²) in [6.07, 6.45) is 3.23. The first kappa shape index (κ1) is 11.1. The van der Waals surface area contributed by atoms with Gasteiger partial charge in [0.2, 0.25) is 0 Å². The minimum Gasteiger partial charge on any atom is -0.390 e. The lowest BCUT2D eigenvalue weighted by atomic mass is 9.97. The molecule has 0 bridgehead atoms. The van der Waals surface area contributed by atoms with E-state index in [0.29, 0.717) is 6.04 Å². The Labute approximate surface area is 102 Å². The molecule has 2 heterocycles. The van der Waals surface area contributed by atoms with Gasteiger partial charge in [-0.25, -0.2) is 0 Å². The molecule has 2 unspecified atom stereocenters. The molecule has 0 aliphatic carbocycles. The number of β-amino-alcohol motifs (C(OH)–C–C–N with tert-alkyl or cyclic N) is 1. The molecule has 2 aliphatic rings. The largest absolute Gasteiger partial charge is 0.390 e. The summed E-state index contributed by atoms with van der Waals surface area (Å²) in [6, 6.07) is 8.88. The van der Waals surface area contributed by atoms with Crippen molar-refractivity contribution in [3.63, 3.8) is 0 Å². The minimum absolute atomic E-state index is 0.241. The maximum absolute atomic E-state index is 10.1. The van der Waals surface area contributed by atoms with Gasteiger partial charge in [-0.2, -0.15) is 0 Å². The van der Waals surface area contributed by atoms with Crippen LogP contribution < -0.4 is 10.2 Å². The van der Waals surface area contributed by atoms with Gasteiger partial charge in [0.05, 0.1) is 6.10 Å². The maximum Gasteiger partial charge on any atom is 0.0868 e. The molecule has 1 aromatic carbocycles. The number of anilines is 1. The average molecular weight is 232 g/mol. The molecular weight excluding hydrogens is 212 g/mol. The van der Waals surface area contributed by atoms with Crippen LogP contribution in [-0.2, 0) is 6.42 Å². The smallest absolute Gasteiger partial charge is 0.0868 e. The zero-order valence-corrected chi connectivity index (χ0v) is 10.1. The van der Waals surface area contributed by atoms with E-state index in [9.17, 15) is 5.11 Å². The molecule has 3 heteroatoms. The van der Waals surface area contributed by atoms with Crippen molar-refractivity contribution in [2.75, 3.05) is 24.5 Å². The van der Waals surface area contributed by atoms with Crippen molar-refractivity contribution in [3.05, 3.63) is 29.8 Å². The van der Waals surface area contributed by atoms with Crippen molar-refractivity contribution in [2.45, 2.75) is 31.4 Å². The van der Waals surface area contributed by atoms with Gasteiger partial charge in [0, 0.05) is 24.8 Å². The summed E-state index contributed by atoms with van der Waals surface area (Å²) in [5.41, 5.74) is 2.74. The fourth-order valence-electron chi connectivity index (χ4n) is 2.79. The Morgan fingerprint density at radius 1 is 1.41 bits per heavy atom. The first-order chi connectivity index (χ1) is 8.34. The van der Waals surface area contributed by atoms with Gasteiger partial charge in [-0.1, -0.05) is 18.2 Å². The van der Waals surface area contributed by atoms with Crippen molar-refractivity contribution < 1.29 is 5.11 Å². The van der Waals surface area contributed by atoms with Crippen LogP contribution in [0, 0.1) is 0 Å². The monoisotopic (exact) mass is 232 g/mol. The quantitative estimate of drug-likeness (QED) is 0.821. The first-order valence-corrected chi connectivity index (χ1v) is 6.59. The lowest BCUT2D eigenvalue weighted by molar-refractivity contribution is 0.100. The SMILES string of the molecule is OC(CN1CCCc2ccccc21)C1CCN1. The zero-order chi connectivity index (χ0) is 11.7. The Morgan fingerprint density at radius 2 is 2.24 bits per heavy atom. The van der Waals surface area contributed by atoms with E-state index in [1.54, 1.807) is 0 Å². The predicted octanol–water partition coefficient (Wildman–Crippen LogP) is 1.16. The molecule has 0 aromatic heterocycles. The van der Waals surface area contributed by atoms with Crippen LogP contribution in [-0.4, -0.2) is 36.9 Å². The molecule has 17 heavy (non-hydrogen) atoms. The van der Waals surface area contributed by atoms with Crippen LogP contribution in [0.3, 0.4) is 0 Å². The van der Waals surface area contributed by atoms with E-state index < -0.39 is 0 Å². The number of benzene rings is 1. The minimum atomic E-state index is -0.241. The fourth-order valence-corrected chi connectivity index (χ4v) is 2.79. The summed E-state index contributed by atoms with van der Waals surface area (Å²) in [4.78, 5) is 2.34. The third-order valence-corrected chi connectivity index (χ3v) is 3.94. The van der Waals surface area contributed by atoms with Crippen LogP contribution >= 0.6 is 0 Å². The van der Waals surface area contributed by atoms with Gasteiger partial charge in [0.1, 0.15) is 0 Å². The van der Waals surface area contributed by atoms with Gasteiger partial charge < -0.3 is 15.3 Å². The van der Waals surface area contributed by atoms with Crippen molar-refractivity contribution in [1.29, 1.82) is 0 Å². The number of para-hydroxylation sites is 1. The van der Waals surface area contributed by atoms with E-state index in [4.69, 9.17) is 0 Å². The summed E-state index contributed by atoms with van der Waals surface area (Å²) in [7, 11) is 0. The molecule has 3 nitrogen and oxygen atoms in total. The average Bonchev–Trinajstić information content (AvgIpc) is 2.27.